The van der Waals surface area contributed by atoms with Crippen LogP contribution in [0.1, 0.15) is 62.8 Å². The van der Waals surface area contributed by atoms with Crippen LogP contribution in [0.3, 0.4) is 0 Å². The number of ether oxygens (including phenoxy) is 1. The van der Waals surface area contributed by atoms with Crippen LogP contribution in [0.25, 0.3) is 0 Å². The number of aliphatic hydroxyl groups is 1. The third-order valence-electron chi connectivity index (χ3n) is 6.55. The van der Waals surface area contributed by atoms with E-state index in [4.69, 9.17) is 5.11 Å². The van der Waals surface area contributed by atoms with Gasteiger partial charge in [0.05, 0.1) is 6.67 Å². The van der Waals surface area contributed by atoms with E-state index in [0.717, 1.165) is 63.5 Å². The molecule has 1 aromatic rings. The molecule has 0 heterocycles. The molecule has 0 aliphatic heterocycles. The molecular formula is C21H26F6O2. The fourth-order valence-electron chi connectivity index (χ4n) is 4.84. The van der Waals surface area contributed by atoms with Crippen molar-refractivity contribution < 1.29 is 36.2 Å². The van der Waals surface area contributed by atoms with Crippen LogP contribution in [0.15, 0.2) is 12.1 Å². The lowest BCUT2D eigenvalue weighted by molar-refractivity contribution is -0.265. The van der Waals surface area contributed by atoms with Gasteiger partial charge in [-0.05, 0) is 92.7 Å². The molecule has 1 atom stereocenters. The second kappa shape index (κ2) is 9.14. The maximum Gasteiger partial charge on any atom is 0.452 e. The SMILES string of the molecule is OC(Oc1c(F)cc(C2CCC(C3CCC(CF)CC3)CC2)cc1F)C(F)(F)F. The lowest BCUT2D eigenvalue weighted by atomic mass is 9.68. The fraction of sp³-hybridized carbons (Fsp3) is 0.714. The van der Waals surface area contributed by atoms with Crippen molar-refractivity contribution in [2.75, 3.05) is 6.67 Å². The molecule has 1 unspecified atom stereocenters. The number of alkyl halides is 4. The highest BCUT2D eigenvalue weighted by Crippen LogP contribution is 2.44. The van der Waals surface area contributed by atoms with Crippen LogP contribution in [0.2, 0.25) is 0 Å². The molecule has 2 nitrogen and oxygen atoms in total. The Kier molecular flexibility index (Phi) is 7.02. The molecule has 0 amide bonds. The Bertz CT molecular complexity index is 653. The van der Waals surface area contributed by atoms with Gasteiger partial charge < -0.3 is 9.84 Å². The summed E-state index contributed by atoms with van der Waals surface area (Å²) in [6.07, 6.45) is -1.20. The number of rotatable bonds is 5. The van der Waals surface area contributed by atoms with Crippen LogP contribution in [-0.4, -0.2) is 24.2 Å². The smallest absolute Gasteiger partial charge is 0.449 e. The predicted molar refractivity (Wildman–Crippen MR) is 95.2 cm³/mol. The average Bonchev–Trinajstić information content (AvgIpc) is 2.70. The van der Waals surface area contributed by atoms with E-state index in [1.165, 1.54) is 0 Å². The maximum atomic E-state index is 14.2. The van der Waals surface area contributed by atoms with Crippen LogP contribution in [0.4, 0.5) is 26.3 Å². The zero-order valence-corrected chi connectivity index (χ0v) is 16.0. The van der Waals surface area contributed by atoms with Gasteiger partial charge in [0.2, 0.25) is 0 Å². The van der Waals surface area contributed by atoms with Gasteiger partial charge in [-0.25, -0.2) is 8.78 Å². The molecule has 2 saturated carbocycles. The molecule has 0 aromatic heterocycles. The Labute approximate surface area is 166 Å². The van der Waals surface area contributed by atoms with Crippen LogP contribution >= 0.6 is 0 Å². The quantitative estimate of drug-likeness (QED) is 0.446. The van der Waals surface area contributed by atoms with E-state index in [1.807, 2.05) is 0 Å². The van der Waals surface area contributed by atoms with Gasteiger partial charge >= 0.3 is 6.18 Å². The average molecular weight is 424 g/mol. The zero-order chi connectivity index (χ0) is 21.2. The summed E-state index contributed by atoms with van der Waals surface area (Å²) in [5.41, 5.74) is 0.397. The van der Waals surface area contributed by atoms with E-state index in [-0.39, 0.29) is 18.5 Å². The second-order valence-electron chi connectivity index (χ2n) is 8.37. The molecule has 1 aromatic carbocycles. The minimum absolute atomic E-state index is 0.0704. The van der Waals surface area contributed by atoms with E-state index >= 15 is 0 Å². The van der Waals surface area contributed by atoms with Crippen LogP contribution in [0, 0.1) is 29.4 Å². The molecule has 0 spiro atoms. The van der Waals surface area contributed by atoms with Crippen molar-refractivity contribution in [3.05, 3.63) is 29.3 Å². The van der Waals surface area contributed by atoms with E-state index in [9.17, 15) is 26.3 Å². The molecule has 3 rings (SSSR count). The number of benzene rings is 1. The van der Waals surface area contributed by atoms with Crippen molar-refractivity contribution in [1.29, 1.82) is 0 Å². The van der Waals surface area contributed by atoms with Crippen molar-refractivity contribution in [2.24, 2.45) is 17.8 Å². The molecule has 2 aliphatic carbocycles. The highest BCUT2D eigenvalue weighted by molar-refractivity contribution is 5.33. The number of hydrogen-bond donors (Lipinski definition) is 1. The largest absolute Gasteiger partial charge is 0.452 e. The Balaban J connectivity index is 1.60. The topological polar surface area (TPSA) is 29.5 Å². The molecule has 0 bridgehead atoms. The molecular weight excluding hydrogens is 398 g/mol. The van der Waals surface area contributed by atoms with Crippen molar-refractivity contribution in [3.8, 4) is 5.75 Å². The molecule has 0 radical (unpaired) electrons. The Morgan fingerprint density at radius 3 is 1.83 bits per heavy atom. The first-order chi connectivity index (χ1) is 13.7. The van der Waals surface area contributed by atoms with Gasteiger partial charge in [0, 0.05) is 0 Å². The zero-order valence-electron chi connectivity index (χ0n) is 16.0. The number of aliphatic hydroxyl groups excluding tert-OH is 1. The Morgan fingerprint density at radius 1 is 0.897 bits per heavy atom. The van der Waals surface area contributed by atoms with Gasteiger partial charge in [-0.15, -0.1) is 0 Å². The third kappa shape index (κ3) is 5.38. The summed E-state index contributed by atoms with van der Waals surface area (Å²) in [7, 11) is 0. The van der Waals surface area contributed by atoms with Crippen molar-refractivity contribution in [1.82, 2.24) is 0 Å². The molecule has 8 heteroatoms. The molecule has 164 valence electrons. The van der Waals surface area contributed by atoms with Gasteiger partial charge in [0.1, 0.15) is 0 Å². The van der Waals surface area contributed by atoms with E-state index in [1.54, 1.807) is 0 Å². The van der Waals surface area contributed by atoms with Gasteiger partial charge in [0.15, 0.2) is 17.4 Å². The van der Waals surface area contributed by atoms with Crippen molar-refractivity contribution in [3.63, 3.8) is 0 Å². The van der Waals surface area contributed by atoms with Gasteiger partial charge in [0.25, 0.3) is 6.29 Å². The Morgan fingerprint density at radius 2 is 1.38 bits per heavy atom. The normalized spacial score (nSPS) is 29.5. The van der Waals surface area contributed by atoms with E-state index in [2.05, 4.69) is 4.74 Å². The minimum Gasteiger partial charge on any atom is -0.449 e. The van der Waals surface area contributed by atoms with Crippen LogP contribution < -0.4 is 4.74 Å². The maximum absolute atomic E-state index is 14.2. The molecule has 2 fully saturated rings. The summed E-state index contributed by atoms with van der Waals surface area (Å²) in [6.45, 7) is -0.254. The van der Waals surface area contributed by atoms with Gasteiger partial charge in [-0.2, -0.15) is 13.2 Å². The Hall–Kier alpha value is -1.44. The first kappa shape index (κ1) is 22.2. The predicted octanol–water partition coefficient (Wildman–Crippen LogP) is 6.27. The first-order valence-corrected chi connectivity index (χ1v) is 10.1. The summed E-state index contributed by atoms with van der Waals surface area (Å²) >= 11 is 0. The third-order valence-corrected chi connectivity index (χ3v) is 6.55. The van der Waals surface area contributed by atoms with E-state index in [0.29, 0.717) is 17.4 Å². The summed E-state index contributed by atoms with van der Waals surface area (Å²) in [5.74, 6) is -2.51. The highest BCUT2D eigenvalue weighted by atomic mass is 19.4. The van der Waals surface area contributed by atoms with Crippen molar-refractivity contribution in [2.45, 2.75) is 69.8 Å². The molecule has 1 N–H and O–H groups in total. The fourth-order valence-corrected chi connectivity index (χ4v) is 4.84. The lowest BCUT2D eigenvalue weighted by Gasteiger charge is -2.37. The number of hydrogen-bond acceptors (Lipinski definition) is 2. The summed E-state index contributed by atoms with van der Waals surface area (Å²) in [5, 5.41) is 8.89. The van der Waals surface area contributed by atoms with E-state index < -0.39 is 29.9 Å². The minimum atomic E-state index is -5.14. The second-order valence-corrected chi connectivity index (χ2v) is 8.37. The molecule has 2 aliphatic rings. The molecule has 29 heavy (non-hydrogen) atoms. The summed E-state index contributed by atoms with van der Waals surface area (Å²) in [6, 6.07) is 2.00. The van der Waals surface area contributed by atoms with Gasteiger partial charge in [-0.1, -0.05) is 0 Å². The first-order valence-electron chi connectivity index (χ1n) is 10.1. The highest BCUT2D eigenvalue weighted by Gasteiger charge is 2.41. The summed E-state index contributed by atoms with van der Waals surface area (Å²) in [4.78, 5) is 0. The van der Waals surface area contributed by atoms with Crippen molar-refractivity contribution >= 4 is 0 Å². The van der Waals surface area contributed by atoms with Gasteiger partial charge in [-0.3, -0.25) is 4.39 Å². The standard InChI is InChI=1S/C21H26F6O2/c22-11-12-1-3-13(4-2-12)14-5-7-15(8-6-14)16-9-17(23)19(18(24)10-16)29-20(28)21(25,26)27/h9-10,12-15,20,28H,1-8,11H2. The lowest BCUT2D eigenvalue weighted by Crippen LogP contribution is -2.34. The summed E-state index contributed by atoms with van der Waals surface area (Å²) < 4.78 is 82.3. The van der Waals surface area contributed by atoms with Crippen LogP contribution in [-0.2, 0) is 0 Å². The number of halogens is 6. The monoisotopic (exact) mass is 424 g/mol. The van der Waals surface area contributed by atoms with Crippen LogP contribution in [0.5, 0.6) is 5.75 Å². The molecule has 0 saturated heterocycles.